The molecule has 0 unspecified atom stereocenters. The summed E-state index contributed by atoms with van der Waals surface area (Å²) in [7, 11) is 0. The molecule has 1 aromatic rings. The molecule has 0 radical (unpaired) electrons. The molecule has 0 heterocycles. The predicted octanol–water partition coefficient (Wildman–Crippen LogP) is 0.809. The number of rotatable bonds is 9. The standard InChI is InChI=1S/C17H22FN3O3/c1-3-4-5-14(16(19)23)21-17(24)15(20-11(2)22)10-12-6-8-13(18)9-7-12/h3,6-9,14-15H,1,4-5,10H2,2H3,(H2,19,23)(H,20,22)(H,21,24)/t14-,15+/m1/s1. The first-order valence-corrected chi connectivity index (χ1v) is 7.55. The monoisotopic (exact) mass is 335 g/mol. The maximum Gasteiger partial charge on any atom is 0.243 e. The predicted molar refractivity (Wildman–Crippen MR) is 88.3 cm³/mol. The van der Waals surface area contributed by atoms with Crippen LogP contribution in [0.4, 0.5) is 4.39 Å². The Balaban J connectivity index is 2.83. The van der Waals surface area contributed by atoms with Crippen molar-refractivity contribution in [2.45, 2.75) is 38.3 Å². The van der Waals surface area contributed by atoms with Crippen LogP contribution in [0, 0.1) is 5.82 Å². The molecule has 6 nitrogen and oxygen atoms in total. The van der Waals surface area contributed by atoms with E-state index < -0.39 is 29.7 Å². The van der Waals surface area contributed by atoms with Gasteiger partial charge in [0.1, 0.15) is 17.9 Å². The molecule has 7 heteroatoms. The smallest absolute Gasteiger partial charge is 0.243 e. The van der Waals surface area contributed by atoms with Gasteiger partial charge in [0.2, 0.25) is 17.7 Å². The lowest BCUT2D eigenvalue weighted by Gasteiger charge is -2.21. The lowest BCUT2D eigenvalue weighted by Crippen LogP contribution is -2.53. The molecule has 0 aliphatic rings. The fourth-order valence-corrected chi connectivity index (χ4v) is 2.15. The Morgan fingerprint density at radius 3 is 2.33 bits per heavy atom. The van der Waals surface area contributed by atoms with Crippen LogP contribution in [0.5, 0.6) is 0 Å². The third-order valence-corrected chi connectivity index (χ3v) is 3.37. The average molecular weight is 335 g/mol. The van der Waals surface area contributed by atoms with Crippen LogP contribution >= 0.6 is 0 Å². The van der Waals surface area contributed by atoms with Gasteiger partial charge in [0.25, 0.3) is 0 Å². The number of nitrogens with two attached hydrogens (primary N) is 1. The molecular weight excluding hydrogens is 313 g/mol. The third-order valence-electron chi connectivity index (χ3n) is 3.37. The number of amides is 3. The summed E-state index contributed by atoms with van der Waals surface area (Å²) in [4.78, 5) is 35.2. The molecule has 1 rings (SSSR count). The molecule has 0 aliphatic carbocycles. The van der Waals surface area contributed by atoms with E-state index in [2.05, 4.69) is 17.2 Å². The molecule has 24 heavy (non-hydrogen) atoms. The van der Waals surface area contributed by atoms with Gasteiger partial charge in [0.05, 0.1) is 0 Å². The number of carbonyl (C=O) groups excluding carboxylic acids is 3. The van der Waals surface area contributed by atoms with Crippen molar-refractivity contribution < 1.29 is 18.8 Å². The number of hydrogen-bond donors (Lipinski definition) is 3. The summed E-state index contributed by atoms with van der Waals surface area (Å²) in [5.41, 5.74) is 5.95. The lowest BCUT2D eigenvalue weighted by molar-refractivity contribution is -0.130. The van der Waals surface area contributed by atoms with Crippen LogP contribution in [0.25, 0.3) is 0 Å². The quantitative estimate of drug-likeness (QED) is 0.582. The van der Waals surface area contributed by atoms with Crippen molar-refractivity contribution in [2.24, 2.45) is 5.73 Å². The second-order valence-electron chi connectivity index (χ2n) is 5.41. The number of hydrogen-bond acceptors (Lipinski definition) is 3. The SMILES string of the molecule is C=CCC[C@@H](NC(=O)[C@H](Cc1ccc(F)cc1)NC(C)=O)C(N)=O. The molecule has 0 saturated carbocycles. The zero-order valence-electron chi connectivity index (χ0n) is 13.5. The highest BCUT2D eigenvalue weighted by atomic mass is 19.1. The molecule has 0 spiro atoms. The lowest BCUT2D eigenvalue weighted by atomic mass is 10.0. The molecule has 0 aromatic heterocycles. The van der Waals surface area contributed by atoms with Crippen LogP contribution in [-0.4, -0.2) is 29.8 Å². The van der Waals surface area contributed by atoms with E-state index in [0.717, 1.165) is 0 Å². The summed E-state index contributed by atoms with van der Waals surface area (Å²) in [6, 6.07) is 3.86. The van der Waals surface area contributed by atoms with E-state index in [4.69, 9.17) is 5.73 Å². The van der Waals surface area contributed by atoms with Crippen molar-refractivity contribution in [1.29, 1.82) is 0 Å². The summed E-state index contributed by atoms with van der Waals surface area (Å²) < 4.78 is 13.0. The summed E-state index contributed by atoms with van der Waals surface area (Å²) in [6.07, 6.45) is 2.62. The van der Waals surface area contributed by atoms with Crippen molar-refractivity contribution in [2.75, 3.05) is 0 Å². The van der Waals surface area contributed by atoms with E-state index in [0.29, 0.717) is 18.4 Å². The molecule has 2 atom stereocenters. The first-order chi connectivity index (χ1) is 11.3. The Hall–Kier alpha value is -2.70. The van der Waals surface area contributed by atoms with E-state index in [-0.39, 0.29) is 12.3 Å². The van der Waals surface area contributed by atoms with Gasteiger partial charge in [-0.05, 0) is 30.5 Å². The maximum atomic E-state index is 13.0. The van der Waals surface area contributed by atoms with Gasteiger partial charge >= 0.3 is 0 Å². The van der Waals surface area contributed by atoms with Gasteiger partial charge < -0.3 is 16.4 Å². The van der Waals surface area contributed by atoms with E-state index in [1.807, 2.05) is 0 Å². The van der Waals surface area contributed by atoms with Gasteiger partial charge in [0, 0.05) is 13.3 Å². The first kappa shape index (κ1) is 19.3. The van der Waals surface area contributed by atoms with Gasteiger partial charge in [-0.3, -0.25) is 14.4 Å². The van der Waals surface area contributed by atoms with Crippen LogP contribution in [0.15, 0.2) is 36.9 Å². The molecule has 4 N–H and O–H groups in total. The second kappa shape index (κ2) is 9.44. The van der Waals surface area contributed by atoms with Crippen LogP contribution in [-0.2, 0) is 20.8 Å². The Morgan fingerprint density at radius 1 is 1.21 bits per heavy atom. The van der Waals surface area contributed by atoms with Crippen molar-refractivity contribution in [1.82, 2.24) is 10.6 Å². The van der Waals surface area contributed by atoms with E-state index in [9.17, 15) is 18.8 Å². The average Bonchev–Trinajstić information content (AvgIpc) is 2.52. The number of carbonyl (C=O) groups is 3. The van der Waals surface area contributed by atoms with Gasteiger partial charge in [-0.25, -0.2) is 4.39 Å². The summed E-state index contributed by atoms with van der Waals surface area (Å²) in [5.74, 6) is -1.97. The van der Waals surface area contributed by atoms with E-state index in [1.165, 1.54) is 31.2 Å². The van der Waals surface area contributed by atoms with Crippen LogP contribution in [0.1, 0.15) is 25.3 Å². The fourth-order valence-electron chi connectivity index (χ4n) is 2.15. The third kappa shape index (κ3) is 6.60. The first-order valence-electron chi connectivity index (χ1n) is 7.55. The Morgan fingerprint density at radius 2 is 1.83 bits per heavy atom. The minimum atomic E-state index is -0.890. The number of halogens is 1. The largest absolute Gasteiger partial charge is 0.368 e. The zero-order valence-corrected chi connectivity index (χ0v) is 13.5. The molecule has 0 bridgehead atoms. The maximum absolute atomic E-state index is 13.0. The molecule has 130 valence electrons. The minimum absolute atomic E-state index is 0.165. The van der Waals surface area contributed by atoms with E-state index in [1.54, 1.807) is 6.08 Å². The van der Waals surface area contributed by atoms with Crippen molar-refractivity contribution in [3.63, 3.8) is 0 Å². The molecule has 0 saturated heterocycles. The molecule has 0 fully saturated rings. The Bertz CT molecular complexity index is 602. The summed E-state index contributed by atoms with van der Waals surface area (Å²) in [5, 5.41) is 5.06. The van der Waals surface area contributed by atoms with Gasteiger partial charge in [-0.1, -0.05) is 18.2 Å². The summed E-state index contributed by atoms with van der Waals surface area (Å²) in [6.45, 7) is 4.84. The zero-order chi connectivity index (χ0) is 18.1. The normalized spacial score (nSPS) is 12.8. The molecule has 3 amide bonds. The van der Waals surface area contributed by atoms with Gasteiger partial charge in [0.15, 0.2) is 0 Å². The highest BCUT2D eigenvalue weighted by molar-refractivity contribution is 5.91. The van der Waals surface area contributed by atoms with Crippen LogP contribution in [0.2, 0.25) is 0 Å². The Labute approximate surface area is 140 Å². The molecule has 0 aliphatic heterocycles. The highest BCUT2D eigenvalue weighted by Crippen LogP contribution is 2.07. The Kier molecular flexibility index (Phi) is 7.61. The topological polar surface area (TPSA) is 101 Å². The van der Waals surface area contributed by atoms with Crippen molar-refractivity contribution in [3.05, 3.63) is 48.3 Å². The fraction of sp³-hybridized carbons (Fsp3) is 0.353. The van der Waals surface area contributed by atoms with Crippen molar-refractivity contribution in [3.8, 4) is 0 Å². The number of allylic oxidation sites excluding steroid dienone is 1. The minimum Gasteiger partial charge on any atom is -0.368 e. The van der Waals surface area contributed by atoms with Crippen LogP contribution < -0.4 is 16.4 Å². The van der Waals surface area contributed by atoms with E-state index >= 15 is 0 Å². The van der Waals surface area contributed by atoms with Crippen LogP contribution in [0.3, 0.4) is 0 Å². The number of benzene rings is 1. The summed E-state index contributed by atoms with van der Waals surface area (Å²) >= 11 is 0. The number of nitrogens with one attached hydrogen (secondary N) is 2. The van der Waals surface area contributed by atoms with Gasteiger partial charge in [-0.2, -0.15) is 0 Å². The molecule has 1 aromatic carbocycles. The molecular formula is C17H22FN3O3. The number of primary amides is 1. The highest BCUT2D eigenvalue weighted by Gasteiger charge is 2.24. The van der Waals surface area contributed by atoms with Gasteiger partial charge in [-0.15, -0.1) is 6.58 Å². The van der Waals surface area contributed by atoms with Crippen molar-refractivity contribution >= 4 is 17.7 Å². The second-order valence-corrected chi connectivity index (χ2v) is 5.41.